The van der Waals surface area contributed by atoms with Gasteiger partial charge in [-0.2, -0.15) is 4.98 Å². The number of anilines is 3. The molecule has 0 bridgehead atoms. The number of hydrogen-bond donors (Lipinski definition) is 1. The van der Waals surface area contributed by atoms with E-state index in [2.05, 4.69) is 45.6 Å². The molecule has 2 aliphatic rings. The van der Waals surface area contributed by atoms with Crippen LogP contribution in [0.1, 0.15) is 52.0 Å². The van der Waals surface area contributed by atoms with Crippen LogP contribution in [0.5, 0.6) is 0 Å². The molecule has 2 aliphatic heterocycles. The molecule has 0 spiro atoms. The summed E-state index contributed by atoms with van der Waals surface area (Å²) < 4.78 is 3.89. The number of piperidine rings is 1. The van der Waals surface area contributed by atoms with E-state index in [0.29, 0.717) is 35.9 Å². The van der Waals surface area contributed by atoms with Crippen molar-refractivity contribution in [3.8, 4) is 0 Å². The summed E-state index contributed by atoms with van der Waals surface area (Å²) in [4.78, 5) is 27.1. The van der Waals surface area contributed by atoms with Gasteiger partial charge in [0.1, 0.15) is 11.3 Å². The van der Waals surface area contributed by atoms with Crippen LogP contribution in [0, 0.1) is 5.92 Å². The number of hydrogen-bond acceptors (Lipinski definition) is 7. The molecule has 0 amide bonds. The standard InChI is InChI=1S/C24H34N8O/c1-17(2)30-15-22(25-16-30)26-23-20-9-6-12-32(20)28-24(27-23)31-11-5-8-19(31)21(33)13-18-7-4-10-29(3)14-18/h6,9,12,15-19H,4-5,7-8,10-11,13-14H2,1-3H3,(H,26,27,28)/t18?,19-/m0/s1. The van der Waals surface area contributed by atoms with Gasteiger partial charge in [-0.3, -0.25) is 4.79 Å². The van der Waals surface area contributed by atoms with Crippen molar-refractivity contribution in [2.45, 2.75) is 58.0 Å². The van der Waals surface area contributed by atoms with Crippen LogP contribution >= 0.6 is 0 Å². The molecule has 0 saturated carbocycles. The molecule has 1 N–H and O–H groups in total. The lowest BCUT2D eigenvalue weighted by Gasteiger charge is -2.31. The number of ketones is 1. The summed E-state index contributed by atoms with van der Waals surface area (Å²) in [7, 11) is 2.15. The predicted octanol–water partition coefficient (Wildman–Crippen LogP) is 3.52. The Bertz CT molecular complexity index is 1120. The number of likely N-dealkylation sites (tertiary alicyclic amines) is 1. The predicted molar refractivity (Wildman–Crippen MR) is 129 cm³/mol. The Kier molecular flexibility index (Phi) is 6.05. The van der Waals surface area contributed by atoms with E-state index < -0.39 is 0 Å². The monoisotopic (exact) mass is 450 g/mol. The van der Waals surface area contributed by atoms with Crippen LogP contribution in [0.25, 0.3) is 5.52 Å². The number of rotatable bonds is 7. The lowest BCUT2D eigenvalue weighted by atomic mass is 9.90. The molecule has 9 nitrogen and oxygen atoms in total. The first-order chi connectivity index (χ1) is 16.0. The average molecular weight is 451 g/mol. The molecule has 2 fully saturated rings. The first kappa shape index (κ1) is 21.9. The third-order valence-corrected chi connectivity index (χ3v) is 6.92. The van der Waals surface area contributed by atoms with Crippen molar-refractivity contribution >= 4 is 28.9 Å². The number of aromatic nitrogens is 5. The Hall–Kier alpha value is -2.94. The lowest BCUT2D eigenvalue weighted by Crippen LogP contribution is -2.40. The second-order valence-corrected chi connectivity index (χ2v) is 9.82. The second-order valence-electron chi connectivity index (χ2n) is 9.82. The first-order valence-corrected chi connectivity index (χ1v) is 12.1. The number of nitrogens with zero attached hydrogens (tertiary/aromatic N) is 7. The van der Waals surface area contributed by atoms with Crippen molar-refractivity contribution in [2.75, 3.05) is 36.9 Å². The van der Waals surface area contributed by atoms with Gasteiger partial charge in [0.25, 0.3) is 0 Å². The van der Waals surface area contributed by atoms with Gasteiger partial charge < -0.3 is 19.7 Å². The highest BCUT2D eigenvalue weighted by Gasteiger charge is 2.34. The van der Waals surface area contributed by atoms with Crippen molar-refractivity contribution in [3.63, 3.8) is 0 Å². The molecule has 5 rings (SSSR count). The fourth-order valence-electron chi connectivity index (χ4n) is 5.14. The number of carbonyl (C=O) groups excluding carboxylic acids is 1. The Balaban J connectivity index is 1.38. The van der Waals surface area contributed by atoms with Crippen LogP contribution in [-0.2, 0) is 4.79 Å². The zero-order valence-corrected chi connectivity index (χ0v) is 19.8. The Morgan fingerprint density at radius 2 is 2.09 bits per heavy atom. The van der Waals surface area contributed by atoms with Gasteiger partial charge in [0.2, 0.25) is 5.95 Å². The smallest absolute Gasteiger partial charge is 0.246 e. The minimum atomic E-state index is -0.141. The number of nitrogens with one attached hydrogen (secondary N) is 1. The van der Waals surface area contributed by atoms with E-state index in [1.165, 1.54) is 6.42 Å². The van der Waals surface area contributed by atoms with Crippen molar-refractivity contribution in [1.82, 2.24) is 29.0 Å². The summed E-state index contributed by atoms with van der Waals surface area (Å²) in [6.45, 7) is 7.19. The third kappa shape index (κ3) is 4.59. The fraction of sp³-hybridized carbons (Fsp3) is 0.583. The van der Waals surface area contributed by atoms with Crippen LogP contribution in [-0.4, -0.2) is 67.6 Å². The third-order valence-electron chi connectivity index (χ3n) is 6.92. The molecule has 2 saturated heterocycles. The molecule has 176 valence electrons. The minimum absolute atomic E-state index is 0.141. The summed E-state index contributed by atoms with van der Waals surface area (Å²) in [5.41, 5.74) is 0.880. The van der Waals surface area contributed by atoms with E-state index in [-0.39, 0.29) is 6.04 Å². The van der Waals surface area contributed by atoms with Gasteiger partial charge in [0.05, 0.1) is 12.4 Å². The molecule has 3 aromatic rings. The van der Waals surface area contributed by atoms with E-state index in [4.69, 9.17) is 10.1 Å². The van der Waals surface area contributed by atoms with E-state index in [1.807, 2.05) is 35.4 Å². The molecule has 0 aromatic carbocycles. The topological polar surface area (TPSA) is 83.6 Å². The highest BCUT2D eigenvalue weighted by atomic mass is 16.1. The maximum atomic E-state index is 13.3. The Morgan fingerprint density at radius 3 is 2.88 bits per heavy atom. The van der Waals surface area contributed by atoms with E-state index in [1.54, 1.807) is 0 Å². The van der Waals surface area contributed by atoms with Crippen LogP contribution in [0.15, 0.2) is 30.9 Å². The quantitative estimate of drug-likeness (QED) is 0.590. The summed E-state index contributed by atoms with van der Waals surface area (Å²) >= 11 is 0. The highest BCUT2D eigenvalue weighted by Crippen LogP contribution is 2.29. The first-order valence-electron chi connectivity index (χ1n) is 12.1. The SMILES string of the molecule is CC(C)n1cnc(Nc2nc(N3CCC[C@H]3C(=O)CC3CCCN(C)C3)nn3cccc23)c1. The zero-order valence-electron chi connectivity index (χ0n) is 19.8. The van der Waals surface area contributed by atoms with Gasteiger partial charge in [0.15, 0.2) is 11.6 Å². The molecular formula is C24H34N8O. The molecule has 1 unspecified atom stereocenters. The summed E-state index contributed by atoms with van der Waals surface area (Å²) in [6.07, 6.45) is 10.5. The maximum absolute atomic E-state index is 13.3. The van der Waals surface area contributed by atoms with Crippen LogP contribution < -0.4 is 10.2 Å². The molecule has 3 aromatic heterocycles. The number of Topliss-reactive ketones (excluding diaryl/α,β-unsaturated/α-hetero) is 1. The summed E-state index contributed by atoms with van der Waals surface area (Å²) in [6, 6.07) is 4.14. The molecule has 5 heterocycles. The Labute approximate surface area is 194 Å². The normalized spacial score (nSPS) is 21.9. The molecule has 9 heteroatoms. The maximum Gasteiger partial charge on any atom is 0.246 e. The fourth-order valence-corrected chi connectivity index (χ4v) is 5.14. The van der Waals surface area contributed by atoms with Gasteiger partial charge in [0, 0.05) is 37.9 Å². The van der Waals surface area contributed by atoms with Crippen LogP contribution in [0.2, 0.25) is 0 Å². The lowest BCUT2D eigenvalue weighted by molar-refractivity contribution is -0.121. The van der Waals surface area contributed by atoms with E-state index in [9.17, 15) is 4.79 Å². The molecular weight excluding hydrogens is 416 g/mol. The zero-order chi connectivity index (χ0) is 22.9. The number of fused-ring (bicyclic) bond motifs is 1. The van der Waals surface area contributed by atoms with Gasteiger partial charge >= 0.3 is 0 Å². The molecule has 33 heavy (non-hydrogen) atoms. The Morgan fingerprint density at radius 1 is 1.24 bits per heavy atom. The van der Waals surface area contributed by atoms with Crippen LogP contribution in [0.3, 0.4) is 0 Å². The van der Waals surface area contributed by atoms with Gasteiger partial charge in [-0.1, -0.05) is 0 Å². The van der Waals surface area contributed by atoms with E-state index >= 15 is 0 Å². The van der Waals surface area contributed by atoms with Crippen molar-refractivity contribution in [2.24, 2.45) is 5.92 Å². The summed E-state index contributed by atoms with van der Waals surface area (Å²) in [5.74, 6) is 2.83. The molecule has 0 radical (unpaired) electrons. The summed E-state index contributed by atoms with van der Waals surface area (Å²) in [5, 5.41) is 8.12. The molecule has 2 atom stereocenters. The van der Waals surface area contributed by atoms with Crippen molar-refractivity contribution in [3.05, 3.63) is 30.9 Å². The molecule has 0 aliphatic carbocycles. The average Bonchev–Trinajstić information content (AvgIpc) is 3.53. The van der Waals surface area contributed by atoms with Crippen molar-refractivity contribution < 1.29 is 4.79 Å². The van der Waals surface area contributed by atoms with Gasteiger partial charge in [-0.25, -0.2) is 9.50 Å². The van der Waals surface area contributed by atoms with Gasteiger partial charge in [-0.05, 0) is 71.2 Å². The second kappa shape index (κ2) is 9.13. The van der Waals surface area contributed by atoms with Gasteiger partial charge in [-0.15, -0.1) is 5.10 Å². The van der Waals surface area contributed by atoms with Crippen LogP contribution in [0.4, 0.5) is 17.6 Å². The largest absolute Gasteiger partial charge is 0.333 e. The van der Waals surface area contributed by atoms with E-state index in [0.717, 1.165) is 50.2 Å². The number of carbonyl (C=O) groups is 1. The number of imidazole rings is 1. The van der Waals surface area contributed by atoms with Crippen molar-refractivity contribution in [1.29, 1.82) is 0 Å². The minimum Gasteiger partial charge on any atom is -0.333 e. The highest BCUT2D eigenvalue weighted by molar-refractivity contribution is 5.87.